The summed E-state index contributed by atoms with van der Waals surface area (Å²) in [5.41, 5.74) is 1.01. The van der Waals surface area contributed by atoms with E-state index in [1.807, 2.05) is 61.7 Å². The van der Waals surface area contributed by atoms with Crippen LogP contribution in [0.4, 0.5) is 0 Å². The number of hydrogen-bond acceptors (Lipinski definition) is 5. The second-order valence-electron chi connectivity index (χ2n) is 7.06. The summed E-state index contributed by atoms with van der Waals surface area (Å²) in [6.07, 6.45) is 3.85. The van der Waals surface area contributed by atoms with Crippen molar-refractivity contribution in [2.45, 2.75) is 32.4 Å². The molecule has 0 bridgehead atoms. The maximum Gasteiger partial charge on any atom is 0.290 e. The van der Waals surface area contributed by atoms with Gasteiger partial charge in [-0.2, -0.15) is 0 Å². The molecule has 3 rings (SSSR count). The number of benzene rings is 1. The van der Waals surface area contributed by atoms with Crippen molar-refractivity contribution < 1.29 is 19.4 Å². The van der Waals surface area contributed by atoms with Gasteiger partial charge in [0.25, 0.3) is 5.91 Å². The van der Waals surface area contributed by atoms with Crippen LogP contribution in [0.25, 0.3) is 6.08 Å². The van der Waals surface area contributed by atoms with Crippen LogP contribution in [-0.4, -0.2) is 41.0 Å². The normalized spacial score (nSPS) is 17.1. The van der Waals surface area contributed by atoms with Gasteiger partial charge in [-0.1, -0.05) is 42.5 Å². The van der Waals surface area contributed by atoms with Gasteiger partial charge in [-0.25, -0.2) is 0 Å². The molecule has 0 unspecified atom stereocenters. The average Bonchev–Trinajstić information content (AvgIpc) is 3.32. The fourth-order valence-electron chi connectivity index (χ4n) is 3.26. The number of thiophene rings is 1. The molecule has 1 aliphatic rings. The Morgan fingerprint density at radius 2 is 2.00 bits per heavy atom. The fraction of sp³-hybridized carbons (Fsp3) is 0.304. The van der Waals surface area contributed by atoms with E-state index >= 15 is 0 Å². The number of aliphatic hydroxyl groups is 1. The number of carbonyl (C=O) groups excluding carboxylic acids is 2. The van der Waals surface area contributed by atoms with Crippen LogP contribution in [0.5, 0.6) is 0 Å². The summed E-state index contributed by atoms with van der Waals surface area (Å²) in [4.78, 5) is 28.1. The Hall–Kier alpha value is -2.70. The maximum atomic E-state index is 12.9. The Labute approximate surface area is 174 Å². The van der Waals surface area contributed by atoms with E-state index in [0.29, 0.717) is 19.6 Å². The van der Waals surface area contributed by atoms with Gasteiger partial charge in [0.05, 0.1) is 17.7 Å². The zero-order valence-corrected chi connectivity index (χ0v) is 17.4. The van der Waals surface area contributed by atoms with Gasteiger partial charge in [0, 0.05) is 18.0 Å². The first kappa shape index (κ1) is 21.0. The largest absolute Gasteiger partial charge is 0.503 e. The molecule has 2 heterocycles. The second kappa shape index (κ2) is 9.67. The van der Waals surface area contributed by atoms with Crippen LogP contribution < -0.4 is 0 Å². The van der Waals surface area contributed by atoms with E-state index in [9.17, 15) is 14.7 Å². The minimum atomic E-state index is -0.575. The number of allylic oxidation sites excluding steroid dienone is 1. The summed E-state index contributed by atoms with van der Waals surface area (Å²) in [6, 6.07) is 12.6. The molecule has 0 fully saturated rings. The van der Waals surface area contributed by atoms with E-state index in [0.717, 1.165) is 10.4 Å². The number of hydrogen-bond donors (Lipinski definition) is 1. The Morgan fingerprint density at radius 3 is 2.66 bits per heavy atom. The minimum absolute atomic E-state index is 0.115. The molecular formula is C23H25NO4S. The number of amides is 1. The van der Waals surface area contributed by atoms with E-state index in [2.05, 4.69) is 0 Å². The third kappa shape index (κ3) is 5.02. The quantitative estimate of drug-likeness (QED) is 0.486. The molecule has 5 nitrogen and oxygen atoms in total. The molecule has 29 heavy (non-hydrogen) atoms. The van der Waals surface area contributed by atoms with Crippen molar-refractivity contribution in [3.8, 4) is 0 Å². The lowest BCUT2D eigenvalue weighted by molar-refractivity contribution is -0.129. The fourth-order valence-corrected chi connectivity index (χ4v) is 4.10. The molecular weight excluding hydrogens is 386 g/mol. The predicted octanol–water partition coefficient (Wildman–Crippen LogP) is 4.54. The number of ketones is 1. The van der Waals surface area contributed by atoms with Crippen LogP contribution in [0.15, 0.2) is 65.3 Å². The molecule has 1 amide bonds. The summed E-state index contributed by atoms with van der Waals surface area (Å²) >= 11 is 1.46. The van der Waals surface area contributed by atoms with Gasteiger partial charge in [-0.3, -0.25) is 9.59 Å². The number of aliphatic hydroxyl groups excluding tert-OH is 1. The zero-order chi connectivity index (χ0) is 20.8. The van der Waals surface area contributed by atoms with E-state index in [1.54, 1.807) is 11.0 Å². The first-order valence-electron chi connectivity index (χ1n) is 9.65. The Morgan fingerprint density at radius 1 is 1.24 bits per heavy atom. The summed E-state index contributed by atoms with van der Waals surface area (Å²) in [7, 11) is 0. The summed E-state index contributed by atoms with van der Waals surface area (Å²) in [5.74, 6) is -1.33. The highest BCUT2D eigenvalue weighted by molar-refractivity contribution is 7.10. The third-order valence-electron chi connectivity index (χ3n) is 4.60. The summed E-state index contributed by atoms with van der Waals surface area (Å²) in [5, 5.41) is 12.4. The number of rotatable bonds is 9. The lowest BCUT2D eigenvalue weighted by Crippen LogP contribution is -2.32. The monoisotopic (exact) mass is 411 g/mol. The van der Waals surface area contributed by atoms with Crippen molar-refractivity contribution in [1.29, 1.82) is 0 Å². The maximum absolute atomic E-state index is 12.9. The molecule has 152 valence electrons. The van der Waals surface area contributed by atoms with Crippen molar-refractivity contribution in [3.63, 3.8) is 0 Å². The molecule has 0 aliphatic carbocycles. The average molecular weight is 412 g/mol. The van der Waals surface area contributed by atoms with Crippen LogP contribution in [0.1, 0.15) is 36.8 Å². The molecule has 0 spiro atoms. The Bertz CT molecular complexity index is 900. The second-order valence-corrected chi connectivity index (χ2v) is 8.04. The molecule has 1 aromatic heterocycles. The van der Waals surface area contributed by atoms with Crippen molar-refractivity contribution in [2.75, 3.05) is 13.2 Å². The van der Waals surface area contributed by atoms with Gasteiger partial charge in [0.1, 0.15) is 0 Å². The van der Waals surface area contributed by atoms with Gasteiger partial charge < -0.3 is 14.7 Å². The lowest BCUT2D eigenvalue weighted by atomic mass is 10.0. The highest BCUT2D eigenvalue weighted by atomic mass is 32.1. The molecule has 1 N–H and O–H groups in total. The Kier molecular flexibility index (Phi) is 7.01. The van der Waals surface area contributed by atoms with Crippen molar-refractivity contribution >= 4 is 29.1 Å². The van der Waals surface area contributed by atoms with E-state index in [1.165, 1.54) is 17.4 Å². The van der Waals surface area contributed by atoms with E-state index in [4.69, 9.17) is 4.74 Å². The highest BCUT2D eigenvalue weighted by Crippen LogP contribution is 2.39. The molecule has 0 saturated carbocycles. The third-order valence-corrected chi connectivity index (χ3v) is 5.53. The lowest BCUT2D eigenvalue weighted by Gasteiger charge is -2.25. The van der Waals surface area contributed by atoms with Crippen LogP contribution in [0, 0.1) is 0 Å². The van der Waals surface area contributed by atoms with Gasteiger partial charge in [-0.05, 0) is 43.4 Å². The molecule has 0 radical (unpaired) electrons. The number of ether oxygens (including phenoxy) is 1. The first-order chi connectivity index (χ1) is 14.0. The number of nitrogens with zero attached hydrogens (tertiary/aromatic N) is 1. The summed E-state index contributed by atoms with van der Waals surface area (Å²) < 4.78 is 5.56. The van der Waals surface area contributed by atoms with Gasteiger partial charge in [-0.15, -0.1) is 11.3 Å². The zero-order valence-electron chi connectivity index (χ0n) is 16.6. The smallest absolute Gasteiger partial charge is 0.290 e. The molecule has 1 atom stereocenters. The van der Waals surface area contributed by atoms with Crippen LogP contribution in [0.2, 0.25) is 0 Å². The van der Waals surface area contributed by atoms with Crippen LogP contribution in [-0.2, 0) is 14.3 Å². The van der Waals surface area contributed by atoms with Crippen LogP contribution in [0.3, 0.4) is 0 Å². The molecule has 2 aromatic rings. The molecule has 1 aromatic carbocycles. The minimum Gasteiger partial charge on any atom is -0.503 e. The Balaban J connectivity index is 1.83. The number of carbonyl (C=O) groups is 2. The molecule has 1 aliphatic heterocycles. The molecule has 0 saturated heterocycles. The molecule has 6 heteroatoms. The van der Waals surface area contributed by atoms with E-state index in [-0.39, 0.29) is 17.5 Å². The standard InChI is InChI=1S/C23H25NO4S/c1-16(2)28-14-7-13-24-21(19-10-6-15-29-19)20(22(26)23(24)27)18(25)12-11-17-8-4-3-5-9-17/h3-6,8-12,15-16,21,26H,7,13-14H2,1-2H3/b12-11+/t21-/m0/s1. The van der Waals surface area contributed by atoms with E-state index < -0.39 is 17.7 Å². The van der Waals surface area contributed by atoms with Crippen molar-refractivity contribution in [1.82, 2.24) is 4.90 Å². The van der Waals surface area contributed by atoms with Gasteiger partial charge in [0.15, 0.2) is 11.5 Å². The van der Waals surface area contributed by atoms with Crippen LogP contribution >= 0.6 is 11.3 Å². The highest BCUT2D eigenvalue weighted by Gasteiger charge is 2.43. The van der Waals surface area contributed by atoms with Crippen molar-refractivity contribution in [3.05, 3.63) is 75.7 Å². The predicted molar refractivity (Wildman–Crippen MR) is 115 cm³/mol. The van der Waals surface area contributed by atoms with Gasteiger partial charge >= 0.3 is 0 Å². The topological polar surface area (TPSA) is 66.8 Å². The SMILES string of the molecule is CC(C)OCCCN1C(=O)C(O)=C(C(=O)/C=C/c2ccccc2)[C@@H]1c1cccs1. The van der Waals surface area contributed by atoms with Crippen molar-refractivity contribution in [2.24, 2.45) is 0 Å². The first-order valence-corrected chi connectivity index (χ1v) is 10.5. The van der Waals surface area contributed by atoms with Gasteiger partial charge in [0.2, 0.25) is 0 Å². The summed E-state index contributed by atoms with van der Waals surface area (Å²) in [6.45, 7) is 4.82.